The van der Waals surface area contributed by atoms with Crippen LogP contribution in [-0.2, 0) is 107 Å². The first kappa shape index (κ1) is 104. The van der Waals surface area contributed by atoms with E-state index in [0.29, 0.717) is 69.9 Å². The van der Waals surface area contributed by atoms with E-state index in [2.05, 4.69) is 78.1 Å². The van der Waals surface area contributed by atoms with Gasteiger partial charge in [-0.15, -0.1) is 11.8 Å². The Labute approximate surface area is 768 Å². The number of hydrogen-bond acceptors (Lipinski definition) is 22. The van der Waals surface area contributed by atoms with Crippen molar-refractivity contribution in [2.24, 2.45) is 29.0 Å². The third-order valence-electron chi connectivity index (χ3n) is 23.3. The zero-order valence-corrected chi connectivity index (χ0v) is 76.8. The number of nitrogens with zero attached hydrogens (tertiary/aromatic N) is 7. The number of primary amides is 2. The Morgan fingerprint density at radius 3 is 1.76 bits per heavy atom. The maximum absolute atomic E-state index is 15.7. The number of imidazole rings is 1. The van der Waals surface area contributed by atoms with E-state index in [4.69, 9.17) is 22.6 Å². The molecule has 132 heavy (non-hydrogen) atoms. The summed E-state index contributed by atoms with van der Waals surface area (Å²) < 4.78 is 0. The fourth-order valence-corrected chi connectivity index (χ4v) is 16.8. The molecule has 2 aromatic carbocycles. The van der Waals surface area contributed by atoms with Crippen LogP contribution in [0.5, 0.6) is 0 Å². The van der Waals surface area contributed by atoms with Gasteiger partial charge < -0.3 is 115 Å². The molecule has 0 aliphatic carbocycles. The van der Waals surface area contributed by atoms with Crippen LogP contribution >= 0.6 is 11.8 Å². The van der Waals surface area contributed by atoms with Crippen molar-refractivity contribution < 1.29 is 86.6 Å². The van der Waals surface area contributed by atoms with E-state index >= 15 is 24.0 Å². The number of unbranched alkanes of at least 4 members (excludes halogenated alkanes) is 2. The molecule has 0 spiro atoms. The van der Waals surface area contributed by atoms with Crippen LogP contribution in [0.25, 0.3) is 21.8 Å². The number of aromatic nitrogens is 5. The first-order valence-electron chi connectivity index (χ1n) is 44.3. The molecule has 42 nitrogen and oxygen atoms in total. The Balaban J connectivity index is 1.18. The Bertz CT molecular complexity index is 5050. The minimum absolute atomic E-state index is 0.000861. The van der Waals surface area contributed by atoms with E-state index in [-0.39, 0.29) is 89.6 Å². The SMILES string of the molecule is CCCC[C@H]1C(=O)N(C)[C@@H](CCCC)C(=O)N[C@@H](CCCNC(=N)N)C(=O)N[C@H](C(=O)NCC(N)=O)CSCC(=O)N[C@@H](Cc2ccncc2)C(=O)N(C)[C@@H](C)C(=O)N[C@@H](CC(N)=O)C(=O)N2CCC[C@H]2C(=O)N[C@@H](Cc2cnc[nH]2)C(=O)N[C@@H](CC(C)C)C(=O)N(C)CC(=O)C[C@@H](Cc2c[nH]c3ccccc23)C(=O)N[C@@H](CO)C(=O)N[C@@H](Cc2c[nH]c3ccccc23)C(=O)N1C. The number of pyridine rings is 1. The number of amides is 16. The maximum Gasteiger partial charge on any atom is 0.246 e. The second-order valence-electron chi connectivity index (χ2n) is 33.8. The lowest BCUT2D eigenvalue weighted by Gasteiger charge is -2.36. The molecule has 6 heterocycles. The van der Waals surface area contributed by atoms with E-state index in [1.807, 2.05) is 13.8 Å². The average Bonchev–Trinajstić information content (AvgIpc) is 1.48. The van der Waals surface area contributed by atoms with Crippen molar-refractivity contribution in [1.82, 2.24) is 103 Å². The van der Waals surface area contributed by atoms with Gasteiger partial charge in [0.25, 0.3) is 0 Å². The van der Waals surface area contributed by atoms with Gasteiger partial charge in [0.1, 0.15) is 72.5 Å². The van der Waals surface area contributed by atoms with Crippen molar-refractivity contribution in [2.75, 3.05) is 72.5 Å². The number of carbonyl (C=O) groups excluding carboxylic acids is 17. The fraction of sp³-hybridized carbons (Fsp3) is 0.528. The van der Waals surface area contributed by atoms with Gasteiger partial charge >= 0.3 is 0 Å². The smallest absolute Gasteiger partial charge is 0.246 e. The molecule has 0 bridgehead atoms. The predicted molar refractivity (Wildman–Crippen MR) is 489 cm³/mol. The summed E-state index contributed by atoms with van der Waals surface area (Å²) in [5.74, 6) is -18.0. The van der Waals surface area contributed by atoms with Gasteiger partial charge in [-0.3, -0.25) is 91.9 Å². The van der Waals surface area contributed by atoms with E-state index in [1.54, 1.807) is 86.9 Å². The van der Waals surface area contributed by atoms with E-state index in [9.17, 15) is 62.6 Å². The molecule has 2 aliphatic heterocycles. The number of carbonyl (C=O) groups is 17. The molecule has 0 saturated carbocycles. The number of aliphatic hydroxyl groups is 1. The zero-order chi connectivity index (χ0) is 96.6. The molecule has 13 atom stereocenters. The van der Waals surface area contributed by atoms with Crippen molar-refractivity contribution in [3.05, 3.63) is 120 Å². The lowest BCUT2D eigenvalue weighted by molar-refractivity contribution is -0.149. The summed E-state index contributed by atoms with van der Waals surface area (Å²) in [4.78, 5) is 271. The number of fused-ring (bicyclic) bond motifs is 3. The van der Waals surface area contributed by atoms with Crippen molar-refractivity contribution in [1.29, 1.82) is 5.41 Å². The number of thioether (sulfide) groups is 1. The molecule has 21 N–H and O–H groups in total. The van der Waals surface area contributed by atoms with Crippen LogP contribution in [0.2, 0.25) is 0 Å². The standard InChI is InChI=1S/C89H126N24O18S/c1-10-12-25-70-82(125)102-62(24-18-30-96-89(92)93)79(122)108-69(78(121)99-44-74(91)117)47-132-48-75(118)101-65(35-52-28-31-94-32-29-52)85(128)110(7)51(5)76(119)104-67(40-73(90)116)87(130)113-33-19-27-71(113)83(126)103-63(39-56-43-95-49-100-56)80(123)105-64(34-50(3)4)84(127)109(6)45-57(115)37-53(36-54-41-97-60-22-16-14-20-58(54)60)77(120)107-68(46-114)81(124)106-66(38-55-42-98-61-23-17-15-21-59(55)61)86(129)112(9)72(26-13-11-2)88(131)111(70)8/h14-17,20-23,28-29,31-32,41-43,49-51,53,62-72,97-98,114H,10-13,18-19,24-27,30,33-40,44-48H2,1-9H3,(H2,90,116)(H2,91,117)(H,95,100)(H,99,121)(H,101,118)(H,102,125)(H,103,126)(H,104,119)(H,105,123)(H,106,124)(H,107,120)(H,108,122)(H4,92,93,96)/t51-,53+,62-,63-,64-,65-,66-,67-,68-,69-,70-,71-,72-/m0/s1. The van der Waals surface area contributed by atoms with Crippen LogP contribution in [-0.4, -0.2) is 306 Å². The first-order chi connectivity index (χ1) is 62.9. The third kappa shape index (κ3) is 30.1. The number of benzene rings is 2. The van der Waals surface area contributed by atoms with E-state index in [1.165, 1.54) is 60.0 Å². The number of guanidine groups is 1. The van der Waals surface area contributed by atoms with Crippen molar-refractivity contribution in [2.45, 2.75) is 216 Å². The number of aliphatic hydroxyl groups excluding tert-OH is 1. The fourth-order valence-electron chi connectivity index (χ4n) is 16.0. The lowest BCUT2D eigenvalue weighted by Crippen LogP contribution is -2.61. The summed E-state index contributed by atoms with van der Waals surface area (Å²) in [6.45, 7) is 6.08. The molecule has 2 fully saturated rings. The number of nitrogens with two attached hydrogens (primary N) is 3. The quantitative estimate of drug-likeness (QED) is 0.0164. The molecule has 0 radical (unpaired) electrons. The largest absolute Gasteiger partial charge is 0.394 e. The average molecular weight is 1850 g/mol. The Kier molecular flexibility index (Phi) is 40.0. The van der Waals surface area contributed by atoms with Crippen LogP contribution in [0.15, 0.2) is 98.0 Å². The highest BCUT2D eigenvalue weighted by atomic mass is 32.2. The van der Waals surface area contributed by atoms with Crippen molar-refractivity contribution >= 4 is 140 Å². The second kappa shape index (κ2) is 50.7. The van der Waals surface area contributed by atoms with Gasteiger partial charge in [0.05, 0.1) is 38.2 Å². The Hall–Kier alpha value is -13.4. The molecule has 2 saturated heterocycles. The molecule has 4 aromatic heterocycles. The molecule has 43 heteroatoms. The second-order valence-corrected chi connectivity index (χ2v) is 34.9. The molecule has 8 rings (SSSR count). The van der Waals surface area contributed by atoms with Gasteiger partial charge in [0, 0.05) is 137 Å². The van der Waals surface area contributed by atoms with Crippen LogP contribution < -0.4 is 70.4 Å². The van der Waals surface area contributed by atoms with E-state index < -0.39 is 229 Å². The van der Waals surface area contributed by atoms with Gasteiger partial charge in [0.15, 0.2) is 11.7 Å². The van der Waals surface area contributed by atoms with Gasteiger partial charge in [-0.2, -0.15) is 0 Å². The minimum atomic E-state index is -1.81. The van der Waals surface area contributed by atoms with Crippen molar-refractivity contribution in [3.63, 3.8) is 0 Å². The van der Waals surface area contributed by atoms with Crippen LogP contribution in [0, 0.1) is 17.2 Å². The van der Waals surface area contributed by atoms with Crippen molar-refractivity contribution in [3.8, 4) is 0 Å². The number of Topliss-reactive ketones (excluding diaryl/α,β-unsaturated/α-hetero) is 1. The highest BCUT2D eigenvalue weighted by Gasteiger charge is 2.44. The molecular weight excluding hydrogens is 1730 g/mol. The van der Waals surface area contributed by atoms with Gasteiger partial charge in [0.2, 0.25) is 94.5 Å². The number of nitrogens with one attached hydrogen (secondary N) is 14. The number of hydrogen-bond donors (Lipinski definition) is 18. The van der Waals surface area contributed by atoms with Crippen LogP contribution in [0.3, 0.4) is 0 Å². The zero-order valence-electron chi connectivity index (χ0n) is 75.9. The third-order valence-corrected chi connectivity index (χ3v) is 24.3. The Morgan fingerprint density at radius 2 is 1.14 bits per heavy atom. The summed E-state index contributed by atoms with van der Waals surface area (Å²) >= 11 is 0.787. The summed E-state index contributed by atoms with van der Waals surface area (Å²) in [7, 11) is 5.29. The summed E-state index contributed by atoms with van der Waals surface area (Å²) in [6, 6.07) is -0.672. The monoisotopic (exact) mass is 1850 g/mol. The molecule has 16 amide bonds. The number of rotatable bonds is 26. The Morgan fingerprint density at radius 1 is 0.568 bits per heavy atom. The summed E-state index contributed by atoms with van der Waals surface area (Å²) in [5.41, 5.74) is 20.1. The number of aromatic amines is 3. The predicted octanol–water partition coefficient (Wildman–Crippen LogP) is -1.65. The molecule has 0 unspecified atom stereocenters. The molecular formula is C89H126N24O18S. The summed E-state index contributed by atoms with van der Waals surface area (Å²) in [6.07, 6.45) is 8.49. The normalized spacial score (nSPS) is 23.6. The number of likely N-dealkylation sites (N-methyl/N-ethyl adjacent to an activating group) is 4. The topological polar surface area (TPSA) is 622 Å². The lowest BCUT2D eigenvalue weighted by atomic mass is 9.92. The van der Waals surface area contributed by atoms with Crippen LogP contribution in [0.4, 0.5) is 0 Å². The highest BCUT2D eigenvalue weighted by Crippen LogP contribution is 2.27. The number of H-pyrrole nitrogens is 3. The first-order valence-corrected chi connectivity index (χ1v) is 45.4. The van der Waals surface area contributed by atoms with E-state index in [0.717, 1.165) is 36.3 Å². The molecule has 6 aromatic rings. The van der Waals surface area contributed by atoms with Gasteiger partial charge in [-0.1, -0.05) is 89.8 Å². The minimum Gasteiger partial charge on any atom is -0.394 e. The molecule has 716 valence electrons. The summed E-state index contributed by atoms with van der Waals surface area (Å²) in [5, 5.41) is 46.9. The number of para-hydroxylation sites is 2. The van der Waals surface area contributed by atoms with Gasteiger partial charge in [-0.25, -0.2) is 4.98 Å². The van der Waals surface area contributed by atoms with Crippen LogP contribution in [0.1, 0.15) is 140 Å². The van der Waals surface area contributed by atoms with Gasteiger partial charge in [-0.05, 0) is 105 Å². The number of ketones is 1. The highest BCUT2D eigenvalue weighted by molar-refractivity contribution is 8.00. The maximum atomic E-state index is 15.7. The molecule has 2 aliphatic rings.